The fourth-order valence-electron chi connectivity index (χ4n) is 3.70. The number of pyridine rings is 2. The third kappa shape index (κ3) is 4.15. The molecule has 3 aromatic heterocycles. The molecule has 32 heavy (non-hydrogen) atoms. The number of hydrogen-bond acceptors (Lipinski definition) is 7. The molecule has 1 aromatic carbocycles. The summed E-state index contributed by atoms with van der Waals surface area (Å²) in [5.41, 5.74) is 10.2. The van der Waals surface area contributed by atoms with E-state index >= 15 is 0 Å². The Hall–Kier alpha value is -3.49. The summed E-state index contributed by atoms with van der Waals surface area (Å²) in [5.74, 6) is 1.98. The zero-order valence-electron chi connectivity index (χ0n) is 18.4. The van der Waals surface area contributed by atoms with E-state index in [-0.39, 0.29) is 6.61 Å². The van der Waals surface area contributed by atoms with Crippen LogP contribution in [0.4, 0.5) is 11.6 Å². The van der Waals surface area contributed by atoms with Gasteiger partial charge in [-0.05, 0) is 42.0 Å². The minimum absolute atomic E-state index is 0.00715. The fraction of sp³-hybridized carbons (Fsp3) is 0.292. The topological polar surface area (TPSA) is 102 Å². The SMILES string of the molecule is CC.Nc1ncccc1-c1nc2ccc(N3CCOCC3)nc2n1-c1ccc(CO)cc1. The van der Waals surface area contributed by atoms with Gasteiger partial charge in [-0.25, -0.2) is 15.0 Å². The van der Waals surface area contributed by atoms with Gasteiger partial charge >= 0.3 is 0 Å². The van der Waals surface area contributed by atoms with Crippen molar-refractivity contribution < 1.29 is 9.84 Å². The van der Waals surface area contributed by atoms with E-state index in [9.17, 15) is 5.11 Å². The molecule has 0 unspecified atom stereocenters. The van der Waals surface area contributed by atoms with Gasteiger partial charge in [-0.2, -0.15) is 0 Å². The number of anilines is 2. The van der Waals surface area contributed by atoms with Crippen LogP contribution in [0.3, 0.4) is 0 Å². The summed E-state index contributed by atoms with van der Waals surface area (Å²) in [6, 6.07) is 15.4. The molecule has 1 aliphatic rings. The van der Waals surface area contributed by atoms with Crippen LogP contribution in [0.1, 0.15) is 19.4 Å². The first-order chi connectivity index (χ1) is 15.7. The Balaban J connectivity index is 0.00000119. The summed E-state index contributed by atoms with van der Waals surface area (Å²) in [5, 5.41) is 9.41. The molecule has 1 saturated heterocycles. The van der Waals surface area contributed by atoms with Gasteiger partial charge in [-0.1, -0.05) is 26.0 Å². The highest BCUT2D eigenvalue weighted by Gasteiger charge is 2.20. The van der Waals surface area contributed by atoms with Crippen LogP contribution in [0.15, 0.2) is 54.7 Å². The summed E-state index contributed by atoms with van der Waals surface area (Å²) >= 11 is 0. The second-order valence-electron chi connectivity index (χ2n) is 7.14. The number of aromatic nitrogens is 4. The molecule has 0 spiro atoms. The Bertz CT molecular complexity index is 1180. The van der Waals surface area contributed by atoms with Crippen molar-refractivity contribution in [2.75, 3.05) is 36.9 Å². The number of imidazole rings is 1. The number of fused-ring (bicyclic) bond motifs is 1. The maximum absolute atomic E-state index is 9.41. The Labute approximate surface area is 187 Å². The summed E-state index contributed by atoms with van der Waals surface area (Å²) in [7, 11) is 0. The average molecular weight is 433 g/mol. The molecule has 3 N–H and O–H groups in total. The lowest BCUT2D eigenvalue weighted by molar-refractivity contribution is 0.122. The van der Waals surface area contributed by atoms with Crippen molar-refractivity contribution >= 4 is 22.8 Å². The lowest BCUT2D eigenvalue weighted by Crippen LogP contribution is -2.36. The van der Waals surface area contributed by atoms with E-state index in [0.29, 0.717) is 24.9 Å². The highest BCUT2D eigenvalue weighted by Crippen LogP contribution is 2.31. The van der Waals surface area contributed by atoms with Crippen molar-refractivity contribution in [1.82, 2.24) is 19.5 Å². The standard InChI is InChI=1S/C22H22N6O2.C2H6/c23-20-17(2-1-9-24-20)21-25-18-7-8-19(27-10-12-30-13-11-27)26-22(18)28(21)16-5-3-15(14-29)4-6-16;1-2/h1-9,29H,10-14H2,(H2,23,24);1-2H3. The number of morpholine rings is 1. The second kappa shape index (κ2) is 9.76. The summed E-state index contributed by atoms with van der Waals surface area (Å²) in [6.45, 7) is 6.99. The Morgan fingerprint density at radius 1 is 1.00 bits per heavy atom. The molecule has 1 fully saturated rings. The highest BCUT2D eigenvalue weighted by molar-refractivity contribution is 5.83. The van der Waals surface area contributed by atoms with Crippen molar-refractivity contribution in [3.05, 3.63) is 60.3 Å². The molecule has 8 heteroatoms. The number of nitrogens with two attached hydrogens (primary N) is 1. The minimum atomic E-state index is -0.00715. The molecule has 166 valence electrons. The maximum Gasteiger partial charge on any atom is 0.167 e. The highest BCUT2D eigenvalue weighted by atomic mass is 16.5. The van der Waals surface area contributed by atoms with Gasteiger partial charge in [0.2, 0.25) is 0 Å². The third-order valence-electron chi connectivity index (χ3n) is 5.28. The van der Waals surface area contributed by atoms with E-state index in [2.05, 4.69) is 9.88 Å². The Morgan fingerprint density at radius 3 is 2.44 bits per heavy atom. The number of nitrogens with zero attached hydrogens (tertiary/aromatic N) is 5. The van der Waals surface area contributed by atoms with Crippen LogP contribution in [0.5, 0.6) is 0 Å². The van der Waals surface area contributed by atoms with Gasteiger partial charge in [-0.3, -0.25) is 4.57 Å². The maximum atomic E-state index is 9.41. The number of benzene rings is 1. The van der Waals surface area contributed by atoms with Crippen molar-refractivity contribution in [1.29, 1.82) is 0 Å². The number of aliphatic hydroxyl groups excluding tert-OH is 1. The van der Waals surface area contributed by atoms with Gasteiger partial charge in [0.25, 0.3) is 0 Å². The van der Waals surface area contributed by atoms with Crippen LogP contribution in [-0.4, -0.2) is 50.9 Å². The second-order valence-corrected chi connectivity index (χ2v) is 7.14. The zero-order valence-corrected chi connectivity index (χ0v) is 18.4. The van der Waals surface area contributed by atoms with E-state index < -0.39 is 0 Å². The van der Waals surface area contributed by atoms with Gasteiger partial charge < -0.3 is 20.5 Å². The number of aliphatic hydroxyl groups is 1. The summed E-state index contributed by atoms with van der Waals surface area (Å²) < 4.78 is 7.46. The monoisotopic (exact) mass is 432 g/mol. The molecular formula is C24H28N6O2. The molecule has 0 bridgehead atoms. The molecule has 4 heterocycles. The molecule has 0 amide bonds. The van der Waals surface area contributed by atoms with Crippen molar-refractivity contribution in [2.24, 2.45) is 0 Å². The van der Waals surface area contributed by atoms with Crippen LogP contribution < -0.4 is 10.6 Å². The number of ether oxygens (including phenoxy) is 1. The third-order valence-corrected chi connectivity index (χ3v) is 5.28. The Morgan fingerprint density at radius 2 is 1.75 bits per heavy atom. The molecular weight excluding hydrogens is 404 g/mol. The summed E-state index contributed by atoms with van der Waals surface area (Å²) in [6.07, 6.45) is 1.66. The fourth-order valence-corrected chi connectivity index (χ4v) is 3.70. The van der Waals surface area contributed by atoms with E-state index in [1.807, 2.05) is 66.9 Å². The molecule has 0 aliphatic carbocycles. The number of hydrogen-bond donors (Lipinski definition) is 2. The number of rotatable bonds is 4. The lowest BCUT2D eigenvalue weighted by Gasteiger charge is -2.27. The van der Waals surface area contributed by atoms with E-state index in [1.165, 1.54) is 0 Å². The smallest absolute Gasteiger partial charge is 0.167 e. The van der Waals surface area contributed by atoms with Gasteiger partial charge in [-0.15, -0.1) is 0 Å². The average Bonchev–Trinajstić information content (AvgIpc) is 3.24. The minimum Gasteiger partial charge on any atom is -0.392 e. The zero-order chi connectivity index (χ0) is 22.5. The van der Waals surface area contributed by atoms with Crippen molar-refractivity contribution in [2.45, 2.75) is 20.5 Å². The first-order valence-corrected chi connectivity index (χ1v) is 10.9. The van der Waals surface area contributed by atoms with Gasteiger partial charge in [0.05, 0.1) is 25.4 Å². The van der Waals surface area contributed by atoms with Gasteiger partial charge in [0, 0.05) is 25.0 Å². The van der Waals surface area contributed by atoms with E-state index in [4.69, 9.17) is 20.4 Å². The molecule has 0 atom stereocenters. The van der Waals surface area contributed by atoms with Crippen molar-refractivity contribution in [3.8, 4) is 17.1 Å². The molecule has 0 radical (unpaired) electrons. The largest absolute Gasteiger partial charge is 0.392 e. The van der Waals surface area contributed by atoms with E-state index in [1.54, 1.807) is 6.20 Å². The molecule has 0 saturated carbocycles. The first-order valence-electron chi connectivity index (χ1n) is 10.9. The van der Waals surface area contributed by atoms with Crippen LogP contribution >= 0.6 is 0 Å². The van der Waals surface area contributed by atoms with Gasteiger partial charge in [0.15, 0.2) is 11.5 Å². The normalized spacial score (nSPS) is 13.7. The predicted octanol–water partition coefficient (Wildman–Crippen LogP) is 3.42. The quantitative estimate of drug-likeness (QED) is 0.509. The lowest BCUT2D eigenvalue weighted by atomic mass is 10.2. The van der Waals surface area contributed by atoms with Crippen molar-refractivity contribution in [3.63, 3.8) is 0 Å². The predicted molar refractivity (Wildman–Crippen MR) is 127 cm³/mol. The molecule has 4 aromatic rings. The number of nitrogen functional groups attached to an aromatic ring is 1. The first kappa shape index (κ1) is 21.7. The van der Waals surface area contributed by atoms with E-state index in [0.717, 1.165) is 46.9 Å². The molecule has 1 aliphatic heterocycles. The van der Waals surface area contributed by atoms with Gasteiger partial charge in [0.1, 0.15) is 17.2 Å². The van der Waals surface area contributed by atoms with Crippen LogP contribution in [0.25, 0.3) is 28.2 Å². The van der Waals surface area contributed by atoms with Crippen LogP contribution in [0.2, 0.25) is 0 Å². The van der Waals surface area contributed by atoms with Crippen LogP contribution in [-0.2, 0) is 11.3 Å². The Kier molecular flexibility index (Phi) is 6.63. The molecule has 8 nitrogen and oxygen atoms in total. The van der Waals surface area contributed by atoms with Crippen LogP contribution in [0, 0.1) is 0 Å². The molecule has 5 rings (SSSR count). The summed E-state index contributed by atoms with van der Waals surface area (Å²) in [4.78, 5) is 16.2.